The second-order valence-electron chi connectivity index (χ2n) is 6.39. The van der Waals surface area contributed by atoms with Gasteiger partial charge in [0.15, 0.2) is 0 Å². The lowest BCUT2D eigenvalue weighted by Gasteiger charge is -2.15. The van der Waals surface area contributed by atoms with E-state index in [4.69, 9.17) is 11.6 Å². The van der Waals surface area contributed by atoms with Gasteiger partial charge in [-0.25, -0.2) is 9.97 Å². The molecule has 0 aliphatic rings. The molecule has 27 heavy (non-hydrogen) atoms. The number of aromatic amines is 1. The van der Waals surface area contributed by atoms with Crippen LogP contribution >= 0.6 is 11.6 Å². The van der Waals surface area contributed by atoms with Crippen molar-refractivity contribution >= 4 is 28.5 Å². The van der Waals surface area contributed by atoms with Crippen LogP contribution in [0.3, 0.4) is 0 Å². The average molecular weight is 380 g/mol. The monoisotopic (exact) mass is 379 g/mol. The molecule has 3 aromatic heterocycles. The number of aryl methyl sites for hydroxylation is 1. The molecule has 0 aliphatic heterocycles. The Labute approximate surface area is 160 Å². The van der Waals surface area contributed by atoms with Gasteiger partial charge in [-0.05, 0) is 37.3 Å². The molecule has 0 spiro atoms. The highest BCUT2D eigenvalue weighted by Gasteiger charge is 2.14. The Balaban J connectivity index is 1.66. The number of fused-ring (bicyclic) bond motifs is 1. The molecule has 4 rings (SSSR count). The summed E-state index contributed by atoms with van der Waals surface area (Å²) in [7, 11) is 1.97. The number of hydrogen-bond donors (Lipinski definition) is 2. The first-order valence-electron chi connectivity index (χ1n) is 8.55. The molecule has 2 N–H and O–H groups in total. The van der Waals surface area contributed by atoms with E-state index in [1.165, 1.54) is 0 Å². The molecule has 6 nitrogen and oxygen atoms in total. The minimum atomic E-state index is -0.277. The van der Waals surface area contributed by atoms with Crippen LogP contribution in [-0.4, -0.2) is 19.5 Å². The maximum Gasteiger partial charge on any atom is 0.253 e. The molecule has 0 saturated carbocycles. The van der Waals surface area contributed by atoms with Crippen molar-refractivity contribution < 1.29 is 0 Å². The fourth-order valence-electron chi connectivity index (χ4n) is 3.10. The number of H-pyrrole nitrogens is 1. The van der Waals surface area contributed by atoms with Gasteiger partial charge in [-0.3, -0.25) is 4.79 Å². The fourth-order valence-corrected chi connectivity index (χ4v) is 3.33. The number of nitrogens with one attached hydrogen (secondary N) is 2. The predicted octanol–water partition coefficient (Wildman–Crippen LogP) is 4.15. The van der Waals surface area contributed by atoms with E-state index in [0.29, 0.717) is 22.1 Å². The number of benzene rings is 1. The Bertz CT molecular complexity index is 1180. The summed E-state index contributed by atoms with van der Waals surface area (Å²) in [5.74, 6) is 0.465. The van der Waals surface area contributed by atoms with Gasteiger partial charge in [0.1, 0.15) is 0 Å². The maximum atomic E-state index is 12.5. The number of halogens is 1. The van der Waals surface area contributed by atoms with Crippen LogP contribution in [0.5, 0.6) is 0 Å². The molecular formula is C20H18ClN5O. The van der Waals surface area contributed by atoms with Crippen LogP contribution in [0.25, 0.3) is 22.3 Å². The van der Waals surface area contributed by atoms with E-state index >= 15 is 0 Å². The van der Waals surface area contributed by atoms with E-state index in [0.717, 1.165) is 16.8 Å². The summed E-state index contributed by atoms with van der Waals surface area (Å²) in [6, 6.07) is 12.9. The second kappa shape index (κ2) is 6.89. The predicted molar refractivity (Wildman–Crippen MR) is 108 cm³/mol. The van der Waals surface area contributed by atoms with Crippen molar-refractivity contribution in [1.82, 2.24) is 19.5 Å². The standard InChI is InChI=1S/C20H18ClN5O/c1-12(14-11-13-5-3-6-15(21)18(13)25-19(14)27)23-20-22-9-8-16(24-20)17-7-4-10-26(17)2/h3-12H,1-2H3,(H,25,27)(H,22,23,24)/t12-/m0/s1. The van der Waals surface area contributed by atoms with Crippen LogP contribution in [-0.2, 0) is 7.05 Å². The van der Waals surface area contributed by atoms with Gasteiger partial charge in [0.05, 0.1) is 28.0 Å². The lowest BCUT2D eigenvalue weighted by atomic mass is 10.1. The molecule has 3 heterocycles. The van der Waals surface area contributed by atoms with Gasteiger partial charge in [-0.15, -0.1) is 0 Å². The molecule has 0 bridgehead atoms. The summed E-state index contributed by atoms with van der Waals surface area (Å²) in [5.41, 5.74) is 2.85. The summed E-state index contributed by atoms with van der Waals surface area (Å²) in [6.45, 7) is 1.90. The first-order valence-corrected chi connectivity index (χ1v) is 8.93. The number of nitrogens with zero attached hydrogens (tertiary/aromatic N) is 3. The summed E-state index contributed by atoms with van der Waals surface area (Å²) >= 11 is 6.16. The number of rotatable bonds is 4. The molecule has 0 aliphatic carbocycles. The molecule has 0 radical (unpaired) electrons. The van der Waals surface area contributed by atoms with Crippen molar-refractivity contribution in [2.24, 2.45) is 7.05 Å². The van der Waals surface area contributed by atoms with Crippen LogP contribution in [0.4, 0.5) is 5.95 Å². The van der Waals surface area contributed by atoms with Crippen molar-refractivity contribution in [2.75, 3.05) is 5.32 Å². The molecule has 136 valence electrons. The highest BCUT2D eigenvalue weighted by Crippen LogP contribution is 2.24. The van der Waals surface area contributed by atoms with Gasteiger partial charge < -0.3 is 14.9 Å². The molecule has 7 heteroatoms. The molecule has 0 saturated heterocycles. The smallest absolute Gasteiger partial charge is 0.253 e. The van der Waals surface area contributed by atoms with Crippen molar-refractivity contribution in [1.29, 1.82) is 0 Å². The van der Waals surface area contributed by atoms with Crippen LogP contribution in [0.2, 0.25) is 5.02 Å². The van der Waals surface area contributed by atoms with E-state index in [1.807, 2.05) is 61.1 Å². The minimum Gasteiger partial charge on any atom is -0.349 e. The first kappa shape index (κ1) is 17.3. The average Bonchev–Trinajstić information content (AvgIpc) is 3.08. The molecule has 0 amide bonds. The largest absolute Gasteiger partial charge is 0.349 e. The zero-order valence-electron chi connectivity index (χ0n) is 14.9. The van der Waals surface area contributed by atoms with Crippen LogP contribution in [0, 0.1) is 0 Å². The highest BCUT2D eigenvalue weighted by atomic mass is 35.5. The van der Waals surface area contributed by atoms with Crippen LogP contribution < -0.4 is 10.9 Å². The molecule has 0 unspecified atom stereocenters. The third-order valence-corrected chi connectivity index (χ3v) is 4.85. The zero-order valence-corrected chi connectivity index (χ0v) is 15.7. The van der Waals surface area contributed by atoms with Crippen molar-refractivity contribution in [2.45, 2.75) is 13.0 Å². The van der Waals surface area contributed by atoms with Gasteiger partial charge in [0.25, 0.3) is 5.56 Å². The van der Waals surface area contributed by atoms with Crippen molar-refractivity contribution in [3.8, 4) is 11.4 Å². The maximum absolute atomic E-state index is 12.5. The fraction of sp³-hybridized carbons (Fsp3) is 0.150. The summed E-state index contributed by atoms with van der Waals surface area (Å²) in [6.07, 6.45) is 3.67. The second-order valence-corrected chi connectivity index (χ2v) is 6.80. The number of hydrogen-bond acceptors (Lipinski definition) is 4. The lowest BCUT2D eigenvalue weighted by Crippen LogP contribution is -2.20. The normalized spacial score (nSPS) is 12.3. The number of aromatic nitrogens is 4. The van der Waals surface area contributed by atoms with Gasteiger partial charge >= 0.3 is 0 Å². The van der Waals surface area contributed by atoms with Crippen LogP contribution in [0.1, 0.15) is 18.5 Å². The topological polar surface area (TPSA) is 75.6 Å². The van der Waals surface area contributed by atoms with Gasteiger partial charge in [0.2, 0.25) is 5.95 Å². The summed E-state index contributed by atoms with van der Waals surface area (Å²) in [4.78, 5) is 24.2. The quantitative estimate of drug-likeness (QED) is 0.558. The zero-order chi connectivity index (χ0) is 19.0. The van der Waals surface area contributed by atoms with Crippen molar-refractivity contribution in [3.63, 3.8) is 0 Å². The van der Waals surface area contributed by atoms with E-state index in [9.17, 15) is 4.79 Å². The molecule has 4 aromatic rings. The van der Waals surface area contributed by atoms with E-state index in [1.54, 1.807) is 12.3 Å². The molecule has 1 atom stereocenters. The van der Waals surface area contributed by atoms with Gasteiger partial charge in [-0.2, -0.15) is 0 Å². The van der Waals surface area contributed by atoms with E-state index in [2.05, 4.69) is 20.3 Å². The summed E-state index contributed by atoms with van der Waals surface area (Å²) in [5, 5.41) is 4.62. The first-order chi connectivity index (χ1) is 13.0. The van der Waals surface area contributed by atoms with Crippen LogP contribution in [0.15, 0.2) is 59.7 Å². The molecule has 1 aromatic carbocycles. The number of pyridine rings is 1. The Morgan fingerprint density at radius 1 is 1.22 bits per heavy atom. The van der Waals surface area contributed by atoms with Gasteiger partial charge in [0, 0.05) is 30.4 Å². The SMILES string of the molecule is C[C@H](Nc1nccc(-c2cccn2C)n1)c1cc2cccc(Cl)c2[nH]c1=O. The third-order valence-electron chi connectivity index (χ3n) is 4.53. The Morgan fingerprint density at radius 2 is 2.07 bits per heavy atom. The highest BCUT2D eigenvalue weighted by molar-refractivity contribution is 6.35. The Kier molecular flexibility index (Phi) is 4.41. The minimum absolute atomic E-state index is 0.186. The van der Waals surface area contributed by atoms with Crippen molar-refractivity contribution in [3.05, 3.63) is 75.8 Å². The van der Waals surface area contributed by atoms with Gasteiger partial charge in [-0.1, -0.05) is 23.7 Å². The lowest BCUT2D eigenvalue weighted by molar-refractivity contribution is 0.844. The third kappa shape index (κ3) is 3.31. The van der Waals surface area contributed by atoms with E-state index < -0.39 is 0 Å². The number of para-hydroxylation sites is 1. The Morgan fingerprint density at radius 3 is 2.85 bits per heavy atom. The van der Waals surface area contributed by atoms with E-state index in [-0.39, 0.29) is 11.6 Å². The molecule has 0 fully saturated rings. The number of anilines is 1. The molecular weight excluding hydrogens is 362 g/mol. The Hall–Kier alpha value is -3.12. The summed E-state index contributed by atoms with van der Waals surface area (Å²) < 4.78 is 1.99.